The number of carbonyl (C=O) groups is 1. The van der Waals surface area contributed by atoms with Gasteiger partial charge < -0.3 is 15.7 Å². The lowest BCUT2D eigenvalue weighted by Gasteiger charge is -2.34. The Labute approximate surface area is 188 Å². The van der Waals surface area contributed by atoms with E-state index in [1.807, 2.05) is 48.5 Å². The van der Waals surface area contributed by atoms with Crippen LogP contribution < -0.4 is 10.6 Å². The van der Waals surface area contributed by atoms with Gasteiger partial charge in [-0.2, -0.15) is 5.26 Å². The number of nitrogens with zero attached hydrogens (tertiary/aromatic N) is 1. The molecule has 2 atom stereocenters. The number of hydrogen-bond donors (Lipinski definition) is 3. The van der Waals surface area contributed by atoms with E-state index >= 15 is 0 Å². The molecule has 1 aliphatic rings. The Balaban J connectivity index is 1.49. The van der Waals surface area contributed by atoms with Crippen molar-refractivity contribution in [1.82, 2.24) is 5.32 Å². The first-order valence-corrected chi connectivity index (χ1v) is 11.0. The lowest BCUT2D eigenvalue weighted by atomic mass is 9.83. The Morgan fingerprint density at radius 1 is 1.09 bits per heavy atom. The van der Waals surface area contributed by atoms with Gasteiger partial charge in [0.15, 0.2) is 0 Å². The van der Waals surface area contributed by atoms with Crippen LogP contribution in [0.2, 0.25) is 0 Å². The Morgan fingerprint density at radius 3 is 2.66 bits per heavy atom. The number of nitrogens with one attached hydrogen (secondary N) is 2. The van der Waals surface area contributed by atoms with Gasteiger partial charge in [0.25, 0.3) is 0 Å². The molecule has 0 saturated carbocycles. The molecule has 0 bridgehead atoms. The van der Waals surface area contributed by atoms with Crippen LogP contribution in [0.3, 0.4) is 0 Å². The summed E-state index contributed by atoms with van der Waals surface area (Å²) < 4.78 is 0. The zero-order valence-corrected chi connectivity index (χ0v) is 17.9. The fourth-order valence-electron chi connectivity index (χ4n) is 4.55. The zero-order chi connectivity index (χ0) is 22.3. The van der Waals surface area contributed by atoms with Gasteiger partial charge in [-0.1, -0.05) is 60.7 Å². The third-order valence-corrected chi connectivity index (χ3v) is 6.07. The number of hydrogen-bond acceptors (Lipinski definition) is 4. The summed E-state index contributed by atoms with van der Waals surface area (Å²) in [5, 5.41) is 25.9. The molecule has 0 aromatic heterocycles. The van der Waals surface area contributed by atoms with Crippen molar-refractivity contribution in [3.8, 4) is 6.07 Å². The number of nitriles is 1. The van der Waals surface area contributed by atoms with Gasteiger partial charge in [-0.15, -0.1) is 0 Å². The fraction of sp³-hybridized carbons (Fsp3) is 0.259. The number of carboxylic acid groups (broad SMARTS) is 1. The van der Waals surface area contributed by atoms with Crippen LogP contribution in [0.15, 0.2) is 72.8 Å². The highest BCUT2D eigenvalue weighted by Gasteiger charge is 2.28. The van der Waals surface area contributed by atoms with Crippen molar-refractivity contribution in [3.05, 3.63) is 101 Å². The lowest BCUT2D eigenvalue weighted by molar-refractivity contribution is -0.136. The number of rotatable bonds is 8. The van der Waals surface area contributed by atoms with E-state index in [0.29, 0.717) is 5.92 Å². The molecule has 5 nitrogen and oxygen atoms in total. The minimum atomic E-state index is -0.814. The maximum atomic E-state index is 11.0. The van der Waals surface area contributed by atoms with Crippen LogP contribution in [0.1, 0.15) is 33.9 Å². The zero-order valence-electron chi connectivity index (χ0n) is 17.9. The summed E-state index contributed by atoms with van der Waals surface area (Å²) in [4.78, 5) is 11.0. The standard InChI is InChI=1S/C27H27N3O2/c28-17-22-10-5-11-25-24(22)16-23(18-30-25)27(21-8-2-1-3-9-21)29-13-12-19-6-4-7-20(14-19)15-26(31)32/h1-11,14,23,27,29-30H,12-13,15-16,18H2,(H,31,32)/t23-,27-/m1/s1. The Hall–Kier alpha value is -3.62. The minimum absolute atomic E-state index is 0.0439. The minimum Gasteiger partial charge on any atom is -0.481 e. The smallest absolute Gasteiger partial charge is 0.307 e. The van der Waals surface area contributed by atoms with Crippen molar-refractivity contribution in [2.45, 2.75) is 25.3 Å². The Morgan fingerprint density at radius 2 is 1.88 bits per heavy atom. The second-order valence-corrected chi connectivity index (χ2v) is 8.27. The van der Waals surface area contributed by atoms with E-state index in [1.54, 1.807) is 0 Å². The normalized spacial score (nSPS) is 15.8. The molecule has 0 unspecified atom stereocenters. The van der Waals surface area contributed by atoms with Gasteiger partial charge in [0, 0.05) is 18.3 Å². The maximum absolute atomic E-state index is 11.0. The summed E-state index contributed by atoms with van der Waals surface area (Å²) in [5.74, 6) is -0.510. The summed E-state index contributed by atoms with van der Waals surface area (Å²) >= 11 is 0. The third kappa shape index (κ3) is 5.16. The summed E-state index contributed by atoms with van der Waals surface area (Å²) in [7, 11) is 0. The molecule has 32 heavy (non-hydrogen) atoms. The molecule has 0 amide bonds. The Bertz CT molecular complexity index is 1120. The predicted molar refractivity (Wildman–Crippen MR) is 126 cm³/mol. The average molecular weight is 426 g/mol. The lowest BCUT2D eigenvalue weighted by Crippen LogP contribution is -2.37. The first-order valence-electron chi connectivity index (χ1n) is 11.0. The summed E-state index contributed by atoms with van der Waals surface area (Å²) in [6, 6.07) is 26.6. The number of benzene rings is 3. The fourth-order valence-corrected chi connectivity index (χ4v) is 4.55. The molecule has 4 rings (SSSR count). The van der Waals surface area contributed by atoms with E-state index in [2.05, 4.69) is 41.0 Å². The number of anilines is 1. The SMILES string of the molecule is N#Cc1cccc2c1C[C@@H]([C@H](NCCc1cccc(CC(=O)O)c1)c1ccccc1)CN2. The van der Waals surface area contributed by atoms with Crippen molar-refractivity contribution >= 4 is 11.7 Å². The highest BCUT2D eigenvalue weighted by Crippen LogP contribution is 2.34. The van der Waals surface area contributed by atoms with Crippen LogP contribution in [0.4, 0.5) is 5.69 Å². The van der Waals surface area contributed by atoms with Crippen molar-refractivity contribution in [3.63, 3.8) is 0 Å². The second kappa shape index (κ2) is 10.1. The molecule has 162 valence electrons. The van der Waals surface area contributed by atoms with Crippen molar-refractivity contribution in [2.24, 2.45) is 5.92 Å². The molecule has 1 heterocycles. The van der Waals surface area contributed by atoms with Gasteiger partial charge in [0.2, 0.25) is 0 Å². The van der Waals surface area contributed by atoms with Crippen LogP contribution >= 0.6 is 0 Å². The Kier molecular flexibility index (Phi) is 6.84. The first kappa shape index (κ1) is 21.6. The summed E-state index contributed by atoms with van der Waals surface area (Å²) in [5.41, 5.74) is 6.07. The monoisotopic (exact) mass is 425 g/mol. The quantitative estimate of drug-likeness (QED) is 0.500. The number of carboxylic acids is 1. The molecule has 3 aromatic rings. The molecule has 1 aliphatic heterocycles. The molecule has 0 spiro atoms. The van der Waals surface area contributed by atoms with E-state index in [1.165, 1.54) is 5.56 Å². The predicted octanol–water partition coefficient (Wildman–Crippen LogP) is 4.34. The van der Waals surface area contributed by atoms with Crippen LogP contribution in [-0.2, 0) is 24.1 Å². The van der Waals surface area contributed by atoms with E-state index in [0.717, 1.165) is 53.9 Å². The second-order valence-electron chi connectivity index (χ2n) is 8.27. The van der Waals surface area contributed by atoms with Gasteiger partial charge in [-0.05, 0) is 59.7 Å². The van der Waals surface area contributed by atoms with E-state index in [4.69, 9.17) is 5.11 Å². The molecule has 3 aromatic carbocycles. The molecule has 5 heteroatoms. The van der Waals surface area contributed by atoms with Crippen molar-refractivity contribution < 1.29 is 9.90 Å². The molecular formula is C27H27N3O2. The number of aliphatic carboxylic acids is 1. The average Bonchev–Trinajstić information content (AvgIpc) is 2.81. The highest BCUT2D eigenvalue weighted by molar-refractivity contribution is 5.70. The van der Waals surface area contributed by atoms with Gasteiger partial charge in [0.05, 0.1) is 18.1 Å². The third-order valence-electron chi connectivity index (χ3n) is 6.07. The number of fused-ring (bicyclic) bond motifs is 1. The van der Waals surface area contributed by atoms with Crippen molar-refractivity contribution in [1.29, 1.82) is 5.26 Å². The molecule has 0 saturated heterocycles. The maximum Gasteiger partial charge on any atom is 0.307 e. The van der Waals surface area contributed by atoms with E-state index < -0.39 is 5.97 Å². The molecule has 3 N–H and O–H groups in total. The largest absolute Gasteiger partial charge is 0.481 e. The van der Waals surface area contributed by atoms with E-state index in [9.17, 15) is 10.1 Å². The topological polar surface area (TPSA) is 85.2 Å². The van der Waals surface area contributed by atoms with Gasteiger partial charge in [0.1, 0.15) is 0 Å². The van der Waals surface area contributed by atoms with Crippen molar-refractivity contribution in [2.75, 3.05) is 18.4 Å². The molecule has 0 radical (unpaired) electrons. The van der Waals surface area contributed by atoms with Gasteiger partial charge in [-0.3, -0.25) is 4.79 Å². The highest BCUT2D eigenvalue weighted by atomic mass is 16.4. The van der Waals surface area contributed by atoms with E-state index in [-0.39, 0.29) is 12.5 Å². The summed E-state index contributed by atoms with van der Waals surface area (Å²) in [6.07, 6.45) is 1.70. The van der Waals surface area contributed by atoms with Crippen LogP contribution in [0.5, 0.6) is 0 Å². The van der Waals surface area contributed by atoms with Gasteiger partial charge in [-0.25, -0.2) is 0 Å². The molecule has 0 fully saturated rings. The van der Waals surface area contributed by atoms with Crippen LogP contribution in [-0.4, -0.2) is 24.2 Å². The first-order chi connectivity index (χ1) is 15.6. The van der Waals surface area contributed by atoms with Gasteiger partial charge >= 0.3 is 5.97 Å². The molecule has 0 aliphatic carbocycles. The van der Waals surface area contributed by atoms with Crippen LogP contribution in [0.25, 0.3) is 0 Å². The molecular weight excluding hydrogens is 398 g/mol. The summed E-state index contributed by atoms with van der Waals surface area (Å²) in [6.45, 7) is 1.61. The van der Waals surface area contributed by atoms with Crippen LogP contribution in [0, 0.1) is 17.2 Å².